The van der Waals surface area contributed by atoms with E-state index in [-0.39, 0.29) is 24.4 Å². The molecule has 2 aliphatic rings. The van der Waals surface area contributed by atoms with Crippen LogP contribution in [-0.4, -0.2) is 74.8 Å². The number of esters is 1. The van der Waals surface area contributed by atoms with Gasteiger partial charge in [0.15, 0.2) is 0 Å². The third kappa shape index (κ3) is 8.35. The highest BCUT2D eigenvalue weighted by molar-refractivity contribution is 5.84. The number of carbonyl (C=O) groups excluding carboxylic acids is 3. The number of methoxy groups -OCH3 is 1. The lowest BCUT2D eigenvalue weighted by atomic mass is 9.76. The Kier molecular flexibility index (Phi) is 10.4. The molecule has 0 aromatic rings. The van der Waals surface area contributed by atoms with E-state index in [0.717, 1.165) is 45.1 Å². The summed E-state index contributed by atoms with van der Waals surface area (Å²) < 4.78 is 16.3. The van der Waals surface area contributed by atoms with Gasteiger partial charge < -0.3 is 24.4 Å². The van der Waals surface area contributed by atoms with Crippen LogP contribution in [0.1, 0.15) is 72.1 Å². The molecule has 184 valence electrons. The molecule has 0 bridgehead atoms. The largest absolute Gasteiger partial charge is 0.460 e. The van der Waals surface area contributed by atoms with E-state index >= 15 is 0 Å². The average molecular weight is 455 g/mol. The highest BCUT2D eigenvalue weighted by atomic mass is 16.6. The fourth-order valence-corrected chi connectivity index (χ4v) is 4.61. The van der Waals surface area contributed by atoms with Crippen LogP contribution in [0.25, 0.3) is 0 Å². The summed E-state index contributed by atoms with van der Waals surface area (Å²) in [5, 5.41) is 3.08. The van der Waals surface area contributed by atoms with Crippen LogP contribution >= 0.6 is 0 Å². The zero-order chi connectivity index (χ0) is 23.6. The summed E-state index contributed by atoms with van der Waals surface area (Å²) >= 11 is 0. The summed E-state index contributed by atoms with van der Waals surface area (Å²) in [4.78, 5) is 39.8. The summed E-state index contributed by atoms with van der Waals surface area (Å²) in [5.41, 5.74) is -1.17. The van der Waals surface area contributed by atoms with Crippen LogP contribution in [0.2, 0.25) is 0 Å². The molecule has 1 saturated heterocycles. The van der Waals surface area contributed by atoms with Crippen molar-refractivity contribution in [3.8, 4) is 0 Å². The number of amides is 2. The monoisotopic (exact) mass is 454 g/mol. The van der Waals surface area contributed by atoms with Crippen LogP contribution in [0.3, 0.4) is 0 Å². The lowest BCUT2D eigenvalue weighted by molar-refractivity contribution is -0.164. The van der Waals surface area contributed by atoms with Gasteiger partial charge in [0.2, 0.25) is 11.8 Å². The van der Waals surface area contributed by atoms with Crippen LogP contribution in [0, 0.1) is 11.3 Å². The highest BCUT2D eigenvalue weighted by Gasteiger charge is 2.44. The summed E-state index contributed by atoms with van der Waals surface area (Å²) in [6.07, 6.45) is 6.19. The Morgan fingerprint density at radius 1 is 1.16 bits per heavy atom. The average Bonchev–Trinajstić information content (AvgIpc) is 3.36. The van der Waals surface area contributed by atoms with Crippen molar-refractivity contribution in [2.75, 3.05) is 46.6 Å². The maximum Gasteiger partial charge on any atom is 0.311 e. The molecule has 2 rings (SSSR count). The second-order valence-electron chi connectivity index (χ2n) is 10.1. The molecule has 1 N–H and O–H groups in total. The molecule has 0 radical (unpaired) electrons. The van der Waals surface area contributed by atoms with Crippen molar-refractivity contribution in [3.05, 3.63) is 0 Å². The van der Waals surface area contributed by atoms with Crippen molar-refractivity contribution in [1.29, 1.82) is 0 Å². The Hall–Kier alpha value is -1.67. The van der Waals surface area contributed by atoms with Crippen molar-refractivity contribution in [2.45, 2.75) is 77.7 Å². The Bertz CT molecular complexity index is 624. The molecule has 1 heterocycles. The SMILES string of the molecule is COCCOCC(CC1(C(=O)NCCCN2CCCC2=O)CCCC1)C(=O)OC(C)(C)C. The van der Waals surface area contributed by atoms with Gasteiger partial charge >= 0.3 is 5.97 Å². The fourth-order valence-electron chi connectivity index (χ4n) is 4.61. The molecule has 8 nitrogen and oxygen atoms in total. The molecule has 0 aromatic heterocycles. The fraction of sp³-hybridized carbons (Fsp3) is 0.875. The molecule has 1 aliphatic heterocycles. The van der Waals surface area contributed by atoms with Gasteiger partial charge in [0.05, 0.1) is 31.2 Å². The minimum absolute atomic E-state index is 0.00759. The summed E-state index contributed by atoms with van der Waals surface area (Å²) in [6.45, 7) is 8.62. The van der Waals surface area contributed by atoms with E-state index < -0.39 is 16.9 Å². The molecule has 0 aromatic carbocycles. The summed E-state index contributed by atoms with van der Waals surface area (Å²) in [7, 11) is 1.60. The maximum atomic E-state index is 13.2. The zero-order valence-corrected chi connectivity index (χ0v) is 20.4. The quantitative estimate of drug-likeness (QED) is 0.340. The van der Waals surface area contributed by atoms with Crippen LogP contribution < -0.4 is 5.32 Å². The Labute approximate surface area is 192 Å². The second-order valence-corrected chi connectivity index (χ2v) is 10.1. The minimum atomic E-state index is -0.597. The molecular formula is C24H42N2O6. The molecule has 1 unspecified atom stereocenters. The molecule has 1 saturated carbocycles. The van der Waals surface area contributed by atoms with E-state index in [0.29, 0.717) is 39.1 Å². The van der Waals surface area contributed by atoms with E-state index in [4.69, 9.17) is 14.2 Å². The van der Waals surface area contributed by atoms with Gasteiger partial charge in [-0.1, -0.05) is 12.8 Å². The summed E-state index contributed by atoms with van der Waals surface area (Å²) in [6, 6.07) is 0. The number of likely N-dealkylation sites (tertiary alicyclic amines) is 1. The van der Waals surface area contributed by atoms with E-state index in [1.807, 2.05) is 25.7 Å². The van der Waals surface area contributed by atoms with Gasteiger partial charge in [-0.25, -0.2) is 0 Å². The first-order valence-corrected chi connectivity index (χ1v) is 12.0. The molecule has 2 fully saturated rings. The van der Waals surface area contributed by atoms with E-state index in [1.54, 1.807) is 7.11 Å². The van der Waals surface area contributed by atoms with Gasteiger partial charge in [-0.3, -0.25) is 14.4 Å². The van der Waals surface area contributed by atoms with Crippen molar-refractivity contribution in [2.24, 2.45) is 11.3 Å². The zero-order valence-electron chi connectivity index (χ0n) is 20.4. The van der Waals surface area contributed by atoms with E-state index in [1.165, 1.54) is 0 Å². The number of hydrogen-bond acceptors (Lipinski definition) is 6. The molecule has 1 aliphatic carbocycles. The van der Waals surface area contributed by atoms with Crippen molar-refractivity contribution in [3.63, 3.8) is 0 Å². The number of nitrogens with zero attached hydrogens (tertiary/aromatic N) is 1. The lowest BCUT2D eigenvalue weighted by Crippen LogP contribution is -2.44. The minimum Gasteiger partial charge on any atom is -0.460 e. The van der Waals surface area contributed by atoms with Crippen LogP contribution in [0.5, 0.6) is 0 Å². The molecule has 2 amide bonds. The van der Waals surface area contributed by atoms with Gasteiger partial charge in [0.25, 0.3) is 0 Å². The topological polar surface area (TPSA) is 94.2 Å². The standard InChI is InChI=1S/C24H42N2O6/c1-23(2,3)32-21(28)19(18-31-16-15-30-4)17-24(10-5-6-11-24)22(29)25-12-8-14-26-13-7-9-20(26)27/h19H,5-18H2,1-4H3,(H,25,29). The number of carbonyl (C=O) groups is 3. The lowest BCUT2D eigenvalue weighted by Gasteiger charge is -2.32. The van der Waals surface area contributed by atoms with Gasteiger partial charge in [-0.15, -0.1) is 0 Å². The van der Waals surface area contributed by atoms with Crippen molar-refractivity contribution >= 4 is 17.8 Å². The van der Waals surface area contributed by atoms with Crippen molar-refractivity contribution < 1.29 is 28.6 Å². The predicted octanol–water partition coefficient (Wildman–Crippen LogP) is 2.69. The number of rotatable bonds is 13. The predicted molar refractivity (Wildman–Crippen MR) is 121 cm³/mol. The van der Waals surface area contributed by atoms with Gasteiger partial charge in [0, 0.05) is 33.2 Å². The number of hydrogen-bond donors (Lipinski definition) is 1. The van der Waals surface area contributed by atoms with Crippen LogP contribution in [0.15, 0.2) is 0 Å². The molecule has 32 heavy (non-hydrogen) atoms. The summed E-state index contributed by atoms with van der Waals surface area (Å²) in [5.74, 6) is -0.607. The Balaban J connectivity index is 1.95. The Morgan fingerprint density at radius 3 is 2.47 bits per heavy atom. The third-order valence-electron chi connectivity index (χ3n) is 6.23. The molecular weight excluding hydrogens is 412 g/mol. The second kappa shape index (κ2) is 12.5. The maximum absolute atomic E-state index is 13.2. The third-order valence-corrected chi connectivity index (χ3v) is 6.23. The van der Waals surface area contributed by atoms with E-state index in [9.17, 15) is 14.4 Å². The van der Waals surface area contributed by atoms with Gasteiger partial charge in [-0.05, 0) is 52.9 Å². The first-order chi connectivity index (χ1) is 15.2. The molecule has 8 heteroatoms. The normalized spacial score (nSPS) is 19.2. The first-order valence-electron chi connectivity index (χ1n) is 12.0. The number of nitrogens with one attached hydrogen (secondary N) is 1. The van der Waals surface area contributed by atoms with Crippen LogP contribution in [0.4, 0.5) is 0 Å². The van der Waals surface area contributed by atoms with Crippen molar-refractivity contribution in [1.82, 2.24) is 10.2 Å². The number of ether oxygens (including phenoxy) is 3. The molecule has 1 atom stereocenters. The first kappa shape index (κ1) is 26.6. The highest BCUT2D eigenvalue weighted by Crippen LogP contribution is 2.44. The smallest absolute Gasteiger partial charge is 0.311 e. The van der Waals surface area contributed by atoms with Gasteiger partial charge in [-0.2, -0.15) is 0 Å². The van der Waals surface area contributed by atoms with Crippen LogP contribution in [-0.2, 0) is 28.6 Å². The Morgan fingerprint density at radius 2 is 1.88 bits per heavy atom. The van der Waals surface area contributed by atoms with Gasteiger partial charge in [0.1, 0.15) is 5.60 Å². The van der Waals surface area contributed by atoms with E-state index in [2.05, 4.69) is 5.32 Å². The molecule has 0 spiro atoms.